The molecule has 4 rings (SSSR count). The lowest BCUT2D eigenvalue weighted by Crippen LogP contribution is -2.37. The molecule has 1 aromatic rings. The third-order valence-electron chi connectivity index (χ3n) is 6.97. The highest BCUT2D eigenvalue weighted by Gasteiger charge is 2.69. The SMILES string of the molecule is C[C@H](O[C@H]1C[C@@H]2[C@H]3CC[C@@](C)([C@@H]2O1)C3(C)C)c1cccs1. The first-order valence-electron chi connectivity index (χ1n) is 8.28. The molecule has 2 aliphatic carbocycles. The van der Waals surface area contributed by atoms with Crippen LogP contribution in [0.2, 0.25) is 0 Å². The third kappa shape index (κ3) is 1.83. The normalized spacial score (nSPS) is 45.0. The van der Waals surface area contributed by atoms with E-state index in [4.69, 9.17) is 9.47 Å². The van der Waals surface area contributed by atoms with Gasteiger partial charge in [0.15, 0.2) is 6.29 Å². The highest BCUT2D eigenvalue weighted by Crippen LogP contribution is 2.71. The number of hydrogen-bond acceptors (Lipinski definition) is 3. The summed E-state index contributed by atoms with van der Waals surface area (Å²) in [5.41, 5.74) is 0.763. The van der Waals surface area contributed by atoms with Crippen molar-refractivity contribution in [2.24, 2.45) is 22.7 Å². The van der Waals surface area contributed by atoms with Crippen molar-refractivity contribution in [1.29, 1.82) is 0 Å². The van der Waals surface area contributed by atoms with Crippen LogP contribution in [0.25, 0.3) is 0 Å². The average molecular weight is 306 g/mol. The van der Waals surface area contributed by atoms with Crippen LogP contribution < -0.4 is 0 Å². The van der Waals surface area contributed by atoms with Gasteiger partial charge in [-0.1, -0.05) is 26.8 Å². The topological polar surface area (TPSA) is 18.5 Å². The van der Waals surface area contributed by atoms with E-state index in [1.165, 1.54) is 17.7 Å². The van der Waals surface area contributed by atoms with Crippen molar-refractivity contribution in [3.05, 3.63) is 22.4 Å². The Hall–Kier alpha value is -0.380. The molecule has 1 aromatic heterocycles. The number of fused-ring (bicyclic) bond motifs is 5. The van der Waals surface area contributed by atoms with Crippen LogP contribution in [0.4, 0.5) is 0 Å². The highest BCUT2D eigenvalue weighted by atomic mass is 32.1. The van der Waals surface area contributed by atoms with Gasteiger partial charge in [0, 0.05) is 11.3 Å². The zero-order valence-corrected chi connectivity index (χ0v) is 14.3. The van der Waals surface area contributed by atoms with Crippen LogP contribution in [0.15, 0.2) is 17.5 Å². The molecule has 2 nitrogen and oxygen atoms in total. The Morgan fingerprint density at radius 1 is 1.38 bits per heavy atom. The molecule has 6 atom stereocenters. The van der Waals surface area contributed by atoms with Crippen molar-refractivity contribution < 1.29 is 9.47 Å². The summed E-state index contributed by atoms with van der Waals surface area (Å²) >= 11 is 1.77. The summed E-state index contributed by atoms with van der Waals surface area (Å²) < 4.78 is 12.6. The first kappa shape index (κ1) is 14.2. The molecule has 2 bridgehead atoms. The summed E-state index contributed by atoms with van der Waals surface area (Å²) in [6.07, 6.45) is 4.33. The largest absolute Gasteiger partial charge is 0.349 e. The quantitative estimate of drug-likeness (QED) is 0.781. The van der Waals surface area contributed by atoms with Gasteiger partial charge in [-0.3, -0.25) is 0 Å². The second-order valence-electron chi connectivity index (χ2n) is 7.96. The minimum atomic E-state index is -0.00637. The van der Waals surface area contributed by atoms with Gasteiger partial charge < -0.3 is 9.47 Å². The number of hydrogen-bond donors (Lipinski definition) is 0. The lowest BCUT2D eigenvalue weighted by atomic mass is 9.70. The maximum Gasteiger partial charge on any atom is 0.159 e. The molecule has 2 heterocycles. The van der Waals surface area contributed by atoms with Gasteiger partial charge in [-0.15, -0.1) is 11.3 Å². The Bertz CT molecular complexity index is 523. The van der Waals surface area contributed by atoms with Gasteiger partial charge in [-0.05, 0) is 53.9 Å². The predicted octanol–water partition coefficient (Wildman–Crippen LogP) is 5.01. The van der Waals surface area contributed by atoms with Crippen molar-refractivity contribution in [2.75, 3.05) is 0 Å². The summed E-state index contributed by atoms with van der Waals surface area (Å²) in [4.78, 5) is 1.30. The van der Waals surface area contributed by atoms with E-state index in [1.807, 2.05) is 0 Å². The van der Waals surface area contributed by atoms with E-state index in [0.717, 1.165) is 12.3 Å². The molecule has 3 aliphatic rings. The molecule has 1 aliphatic heterocycles. The van der Waals surface area contributed by atoms with Crippen LogP contribution in [-0.2, 0) is 9.47 Å². The molecule has 116 valence electrons. The van der Waals surface area contributed by atoms with Crippen molar-refractivity contribution in [3.63, 3.8) is 0 Å². The summed E-state index contributed by atoms with van der Waals surface area (Å²) in [6, 6.07) is 4.24. The van der Waals surface area contributed by atoms with Gasteiger partial charge in [0.2, 0.25) is 0 Å². The molecule has 3 heteroatoms. The fraction of sp³-hybridized carbons (Fsp3) is 0.778. The second kappa shape index (κ2) is 4.56. The van der Waals surface area contributed by atoms with E-state index in [-0.39, 0.29) is 12.4 Å². The van der Waals surface area contributed by atoms with Gasteiger partial charge >= 0.3 is 0 Å². The minimum absolute atomic E-state index is 0.00637. The zero-order valence-electron chi connectivity index (χ0n) is 13.5. The maximum atomic E-state index is 6.41. The Morgan fingerprint density at radius 3 is 2.86 bits per heavy atom. The van der Waals surface area contributed by atoms with Crippen molar-refractivity contribution in [1.82, 2.24) is 0 Å². The monoisotopic (exact) mass is 306 g/mol. The lowest BCUT2D eigenvalue weighted by Gasteiger charge is -2.38. The number of rotatable bonds is 3. The molecule has 0 amide bonds. The van der Waals surface area contributed by atoms with Crippen molar-refractivity contribution in [3.8, 4) is 0 Å². The highest BCUT2D eigenvalue weighted by molar-refractivity contribution is 7.10. The summed E-state index contributed by atoms with van der Waals surface area (Å²) in [6.45, 7) is 9.50. The summed E-state index contributed by atoms with van der Waals surface area (Å²) in [5, 5.41) is 2.11. The molecular weight excluding hydrogens is 280 g/mol. The smallest absolute Gasteiger partial charge is 0.159 e. The van der Waals surface area contributed by atoms with E-state index in [1.54, 1.807) is 11.3 Å². The minimum Gasteiger partial charge on any atom is -0.349 e. The standard InChI is InChI=1S/C18H26O2S/c1-11(14-6-5-9-21-14)19-15-10-12-13-7-8-18(4,16(12)20-15)17(13,2)3/h5-6,9,11-13,15-16H,7-8,10H2,1-4H3/t11-,12+,13+,15+,16+,18-/m0/s1. The second-order valence-corrected chi connectivity index (χ2v) is 8.94. The number of ether oxygens (including phenoxy) is 2. The molecule has 0 aromatic carbocycles. The van der Waals surface area contributed by atoms with E-state index >= 15 is 0 Å². The van der Waals surface area contributed by atoms with E-state index in [2.05, 4.69) is 45.2 Å². The molecule has 0 radical (unpaired) electrons. The lowest BCUT2D eigenvalue weighted by molar-refractivity contribution is -0.183. The molecule has 3 fully saturated rings. The fourth-order valence-electron chi connectivity index (χ4n) is 5.39. The van der Waals surface area contributed by atoms with Gasteiger partial charge in [0.1, 0.15) is 0 Å². The predicted molar refractivity (Wildman–Crippen MR) is 85.2 cm³/mol. The molecule has 0 unspecified atom stereocenters. The Morgan fingerprint density at radius 2 is 2.19 bits per heavy atom. The number of thiophene rings is 1. The van der Waals surface area contributed by atoms with Crippen LogP contribution in [0.3, 0.4) is 0 Å². The van der Waals surface area contributed by atoms with Gasteiger partial charge in [-0.2, -0.15) is 0 Å². The first-order chi connectivity index (χ1) is 9.93. The fourth-order valence-corrected chi connectivity index (χ4v) is 6.11. The molecule has 2 saturated carbocycles. The van der Waals surface area contributed by atoms with Gasteiger partial charge in [0.05, 0.1) is 12.2 Å². The molecule has 0 spiro atoms. The Kier molecular flexibility index (Phi) is 3.09. The molecule has 1 saturated heterocycles. The molecule has 21 heavy (non-hydrogen) atoms. The average Bonchev–Trinajstić information content (AvgIpc) is 3.12. The first-order valence-corrected chi connectivity index (χ1v) is 9.16. The van der Waals surface area contributed by atoms with Crippen molar-refractivity contribution in [2.45, 2.75) is 65.5 Å². The van der Waals surface area contributed by atoms with Crippen LogP contribution in [0.1, 0.15) is 57.9 Å². The van der Waals surface area contributed by atoms with Gasteiger partial charge in [-0.25, -0.2) is 0 Å². The van der Waals surface area contributed by atoms with E-state index in [0.29, 0.717) is 22.9 Å². The van der Waals surface area contributed by atoms with Crippen LogP contribution >= 0.6 is 11.3 Å². The van der Waals surface area contributed by atoms with E-state index < -0.39 is 0 Å². The van der Waals surface area contributed by atoms with Crippen molar-refractivity contribution >= 4 is 11.3 Å². The molecule has 0 N–H and O–H groups in total. The van der Waals surface area contributed by atoms with Crippen LogP contribution in [0.5, 0.6) is 0 Å². The Balaban J connectivity index is 1.48. The van der Waals surface area contributed by atoms with E-state index in [9.17, 15) is 0 Å². The molecular formula is C18H26O2S. The zero-order chi connectivity index (χ0) is 14.8. The third-order valence-corrected chi connectivity index (χ3v) is 8.00. The summed E-state index contributed by atoms with van der Waals surface area (Å²) in [5.74, 6) is 1.53. The maximum absolute atomic E-state index is 6.41. The van der Waals surface area contributed by atoms with Gasteiger partial charge in [0.25, 0.3) is 0 Å². The van der Waals surface area contributed by atoms with Crippen LogP contribution in [0, 0.1) is 22.7 Å². The Labute approximate surface area is 131 Å². The summed E-state index contributed by atoms with van der Waals surface area (Å²) in [7, 11) is 0. The van der Waals surface area contributed by atoms with Crippen LogP contribution in [-0.4, -0.2) is 12.4 Å².